The molecular weight excluding hydrogens is 516 g/mol. The summed E-state index contributed by atoms with van der Waals surface area (Å²) in [6, 6.07) is 4.98. The lowest BCUT2D eigenvalue weighted by Gasteiger charge is -2.34. The van der Waals surface area contributed by atoms with Crippen molar-refractivity contribution in [3.8, 4) is 22.6 Å². The van der Waals surface area contributed by atoms with Crippen molar-refractivity contribution < 1.29 is 19.0 Å². The Bertz CT molecular complexity index is 1380. The summed E-state index contributed by atoms with van der Waals surface area (Å²) in [5, 5.41) is 1.59. The predicted molar refractivity (Wildman–Crippen MR) is 145 cm³/mol. The van der Waals surface area contributed by atoms with Gasteiger partial charge >= 0.3 is 6.09 Å². The first-order valence-electron chi connectivity index (χ1n) is 11.9. The van der Waals surface area contributed by atoms with Gasteiger partial charge in [0.05, 0.1) is 19.2 Å². The van der Waals surface area contributed by atoms with Crippen LogP contribution in [-0.2, 0) is 4.74 Å². The minimum absolute atomic E-state index is 0.176. The Morgan fingerprint density at radius 2 is 1.81 bits per heavy atom. The first kappa shape index (κ1) is 27.1. The van der Waals surface area contributed by atoms with E-state index in [2.05, 4.69) is 9.97 Å². The Morgan fingerprint density at radius 1 is 1.11 bits per heavy atom. The van der Waals surface area contributed by atoms with Gasteiger partial charge in [-0.3, -0.25) is 9.36 Å². The molecule has 0 aliphatic carbocycles. The molecule has 37 heavy (non-hydrogen) atoms. The van der Waals surface area contributed by atoms with Crippen molar-refractivity contribution in [3.05, 3.63) is 39.8 Å². The second-order valence-electron chi connectivity index (χ2n) is 9.76. The minimum Gasteiger partial charge on any atom is -0.497 e. The molecule has 4 rings (SSSR count). The molecule has 2 aromatic heterocycles. The molecule has 1 amide bonds. The topological polar surface area (TPSA) is 95.8 Å². The number of methoxy groups -OCH3 is 2. The number of ether oxygens (including phenoxy) is 3. The quantitative estimate of drug-likeness (QED) is 0.309. The third-order valence-corrected chi connectivity index (χ3v) is 7.13. The SMILES string of the molecule is COc1cc(OC)c(Cl)c(-c2cc3cnc(SC)nc3n(C3CCN(C(=O)OC(C)(C)C)CC3)c2=O)c1. The molecule has 11 heteroatoms. The van der Waals surface area contributed by atoms with E-state index < -0.39 is 5.60 Å². The van der Waals surface area contributed by atoms with Crippen LogP contribution in [0.15, 0.2) is 34.3 Å². The smallest absolute Gasteiger partial charge is 0.410 e. The molecule has 9 nitrogen and oxygen atoms in total. The number of hydrogen-bond donors (Lipinski definition) is 0. The van der Waals surface area contributed by atoms with Gasteiger partial charge in [-0.15, -0.1) is 0 Å². The number of thioether (sulfide) groups is 1. The zero-order valence-electron chi connectivity index (χ0n) is 21.8. The lowest BCUT2D eigenvalue weighted by atomic mass is 10.0. The second kappa shape index (κ2) is 10.8. The van der Waals surface area contributed by atoms with Crippen LogP contribution in [0.5, 0.6) is 11.5 Å². The van der Waals surface area contributed by atoms with Gasteiger partial charge in [0.25, 0.3) is 5.56 Å². The number of likely N-dealkylation sites (tertiary alicyclic amines) is 1. The van der Waals surface area contributed by atoms with Gasteiger partial charge < -0.3 is 19.1 Å². The number of carbonyl (C=O) groups is 1. The zero-order chi connectivity index (χ0) is 26.9. The largest absolute Gasteiger partial charge is 0.497 e. The van der Waals surface area contributed by atoms with Crippen molar-refractivity contribution in [2.75, 3.05) is 33.6 Å². The third kappa shape index (κ3) is 5.65. The highest BCUT2D eigenvalue weighted by atomic mass is 35.5. The number of halogens is 1. The predicted octanol–water partition coefficient (Wildman–Crippen LogP) is 5.42. The van der Waals surface area contributed by atoms with Crippen LogP contribution in [0.25, 0.3) is 22.2 Å². The van der Waals surface area contributed by atoms with Gasteiger partial charge in [-0.1, -0.05) is 23.4 Å². The highest BCUT2D eigenvalue weighted by Crippen LogP contribution is 2.39. The van der Waals surface area contributed by atoms with Crippen LogP contribution >= 0.6 is 23.4 Å². The zero-order valence-corrected chi connectivity index (χ0v) is 23.4. The monoisotopic (exact) mass is 546 g/mol. The van der Waals surface area contributed by atoms with Crippen LogP contribution in [0, 0.1) is 0 Å². The fraction of sp³-hybridized carbons (Fsp3) is 0.462. The molecule has 0 unspecified atom stereocenters. The van der Waals surface area contributed by atoms with E-state index >= 15 is 0 Å². The Labute approximate surface area is 225 Å². The summed E-state index contributed by atoms with van der Waals surface area (Å²) in [6.45, 7) is 6.46. The summed E-state index contributed by atoms with van der Waals surface area (Å²) in [5.41, 5.74) is 0.641. The molecule has 0 bridgehead atoms. The number of rotatable bonds is 5. The molecule has 1 fully saturated rings. The van der Waals surface area contributed by atoms with Crippen LogP contribution in [-0.4, -0.2) is 64.7 Å². The molecule has 0 N–H and O–H groups in total. The third-order valence-electron chi connectivity index (χ3n) is 6.17. The first-order valence-corrected chi connectivity index (χ1v) is 13.5. The maximum atomic E-state index is 14.1. The first-order chi connectivity index (χ1) is 17.6. The molecule has 0 spiro atoms. The van der Waals surface area contributed by atoms with E-state index in [1.807, 2.05) is 27.0 Å². The summed E-state index contributed by atoms with van der Waals surface area (Å²) in [4.78, 5) is 37.5. The summed E-state index contributed by atoms with van der Waals surface area (Å²) in [5.74, 6) is 0.920. The fourth-order valence-electron chi connectivity index (χ4n) is 4.40. The van der Waals surface area contributed by atoms with E-state index in [1.165, 1.54) is 18.9 Å². The number of pyridine rings is 1. The maximum Gasteiger partial charge on any atom is 0.410 e. The van der Waals surface area contributed by atoms with Crippen molar-refractivity contribution in [2.45, 2.75) is 50.4 Å². The van der Waals surface area contributed by atoms with Crippen LogP contribution in [0.4, 0.5) is 4.79 Å². The number of hydrogen-bond acceptors (Lipinski definition) is 8. The molecular formula is C26H31ClN4O5S. The summed E-state index contributed by atoms with van der Waals surface area (Å²) in [7, 11) is 3.06. The molecule has 3 aromatic rings. The molecule has 0 saturated carbocycles. The standard InChI is InChI=1S/C26H31ClN4O5S/c1-26(2,3)36-25(33)30-9-7-16(8-10-30)31-22-15(14-28-24(29-22)37-6)11-19(23(31)32)18-12-17(34-4)13-20(35-5)21(18)27/h11-14,16H,7-10H2,1-6H3. The summed E-state index contributed by atoms with van der Waals surface area (Å²) in [6.07, 6.45) is 4.41. The number of nitrogens with zero attached hydrogens (tertiary/aromatic N) is 4. The number of piperidine rings is 1. The molecule has 198 valence electrons. The second-order valence-corrected chi connectivity index (χ2v) is 10.9. The van der Waals surface area contributed by atoms with Crippen LogP contribution in [0.2, 0.25) is 5.02 Å². The summed E-state index contributed by atoms with van der Waals surface area (Å²) >= 11 is 8.07. The molecule has 3 heterocycles. The van der Waals surface area contributed by atoms with Gasteiger partial charge in [0.1, 0.15) is 22.7 Å². The minimum atomic E-state index is -0.572. The van der Waals surface area contributed by atoms with Crippen molar-refractivity contribution >= 4 is 40.5 Å². The molecule has 1 aliphatic rings. The average Bonchev–Trinajstić information content (AvgIpc) is 2.87. The van der Waals surface area contributed by atoms with E-state index in [9.17, 15) is 9.59 Å². The summed E-state index contributed by atoms with van der Waals surface area (Å²) < 4.78 is 18.1. The molecule has 1 aliphatic heterocycles. The van der Waals surface area contributed by atoms with E-state index in [4.69, 9.17) is 25.8 Å². The van der Waals surface area contributed by atoms with Crippen LogP contribution in [0.3, 0.4) is 0 Å². The normalized spacial score (nSPS) is 14.6. The van der Waals surface area contributed by atoms with Crippen molar-refractivity contribution in [1.29, 1.82) is 0 Å². The molecule has 0 radical (unpaired) electrons. The van der Waals surface area contributed by atoms with Gasteiger partial charge in [-0.05, 0) is 52.0 Å². The van der Waals surface area contributed by atoms with Crippen LogP contribution in [0.1, 0.15) is 39.7 Å². The Balaban J connectivity index is 1.82. The van der Waals surface area contributed by atoms with Crippen molar-refractivity contribution in [1.82, 2.24) is 19.4 Å². The molecule has 1 aromatic carbocycles. The van der Waals surface area contributed by atoms with E-state index in [-0.39, 0.29) is 17.7 Å². The van der Waals surface area contributed by atoms with Gasteiger partial charge in [0, 0.05) is 47.9 Å². The van der Waals surface area contributed by atoms with Crippen molar-refractivity contribution in [3.63, 3.8) is 0 Å². The van der Waals surface area contributed by atoms with Gasteiger partial charge in [0.15, 0.2) is 5.16 Å². The Kier molecular flexibility index (Phi) is 7.89. The van der Waals surface area contributed by atoms with Gasteiger partial charge in [0.2, 0.25) is 0 Å². The van der Waals surface area contributed by atoms with E-state index in [0.717, 1.165) is 0 Å². The lowest BCUT2D eigenvalue weighted by Crippen LogP contribution is -2.43. The number of fused-ring (bicyclic) bond motifs is 1. The Morgan fingerprint density at radius 3 is 2.41 bits per heavy atom. The number of amides is 1. The average molecular weight is 547 g/mol. The van der Waals surface area contributed by atoms with Crippen molar-refractivity contribution in [2.24, 2.45) is 0 Å². The van der Waals surface area contributed by atoms with Gasteiger partial charge in [-0.25, -0.2) is 14.8 Å². The maximum absolute atomic E-state index is 14.1. The molecule has 1 saturated heterocycles. The highest BCUT2D eigenvalue weighted by molar-refractivity contribution is 7.98. The number of carbonyl (C=O) groups excluding carboxylic acids is 1. The van der Waals surface area contributed by atoms with E-state index in [0.29, 0.717) is 69.8 Å². The van der Waals surface area contributed by atoms with E-state index in [1.54, 1.807) is 41.0 Å². The van der Waals surface area contributed by atoms with Gasteiger partial charge in [-0.2, -0.15) is 0 Å². The number of aromatic nitrogens is 3. The van der Waals surface area contributed by atoms with Crippen LogP contribution < -0.4 is 15.0 Å². The number of benzene rings is 1. The lowest BCUT2D eigenvalue weighted by molar-refractivity contribution is 0.0188. The Hall–Kier alpha value is -2.98. The fourth-order valence-corrected chi connectivity index (χ4v) is 5.03. The highest BCUT2D eigenvalue weighted by Gasteiger charge is 2.30. The molecule has 0 atom stereocenters.